The van der Waals surface area contributed by atoms with Crippen molar-refractivity contribution in [1.29, 1.82) is 0 Å². The summed E-state index contributed by atoms with van der Waals surface area (Å²) >= 11 is 0. The van der Waals surface area contributed by atoms with E-state index >= 15 is 0 Å². The van der Waals surface area contributed by atoms with Gasteiger partial charge < -0.3 is 10.7 Å². The number of nitrogen functional groups attached to an aromatic ring is 1. The highest BCUT2D eigenvalue weighted by Gasteiger charge is 1.98. The number of aromatic nitrogens is 3. The molecule has 2 heterocycles. The van der Waals surface area contributed by atoms with Crippen molar-refractivity contribution >= 4 is 5.82 Å². The van der Waals surface area contributed by atoms with Gasteiger partial charge in [-0.25, -0.2) is 0 Å². The van der Waals surface area contributed by atoms with Crippen molar-refractivity contribution in [2.45, 2.75) is 0 Å². The monoisotopic (exact) mass is 160 g/mol. The molecule has 0 atom stereocenters. The number of hydrogen-bond acceptors (Lipinski definition) is 3. The van der Waals surface area contributed by atoms with Gasteiger partial charge in [-0.1, -0.05) is 0 Å². The fraction of sp³-hybridized carbons (Fsp3) is 0. The standard InChI is InChI=1S/C8H8N4/c9-8-4-3-7(11-12-8)6-2-1-5-10-6/h1-5,10H,(H2,9,12). The smallest absolute Gasteiger partial charge is 0.146 e. The zero-order valence-electron chi connectivity index (χ0n) is 6.36. The van der Waals surface area contributed by atoms with Gasteiger partial charge in [0.2, 0.25) is 0 Å². The molecule has 4 heteroatoms. The number of nitrogens with one attached hydrogen (secondary N) is 1. The zero-order chi connectivity index (χ0) is 8.39. The first-order chi connectivity index (χ1) is 5.86. The number of anilines is 1. The molecule has 3 N–H and O–H groups in total. The van der Waals surface area contributed by atoms with Crippen LogP contribution in [0.1, 0.15) is 0 Å². The van der Waals surface area contributed by atoms with E-state index in [0.717, 1.165) is 11.4 Å². The summed E-state index contributed by atoms with van der Waals surface area (Å²) in [6.45, 7) is 0. The summed E-state index contributed by atoms with van der Waals surface area (Å²) in [5.74, 6) is 0.435. The quantitative estimate of drug-likeness (QED) is 0.655. The predicted octanol–water partition coefficient (Wildman–Crippen LogP) is 1.05. The lowest BCUT2D eigenvalue weighted by atomic mass is 10.3. The summed E-state index contributed by atoms with van der Waals surface area (Å²) in [4.78, 5) is 3.03. The third-order valence-corrected chi connectivity index (χ3v) is 1.56. The third-order valence-electron chi connectivity index (χ3n) is 1.56. The first-order valence-corrected chi connectivity index (χ1v) is 3.59. The maximum atomic E-state index is 5.40. The largest absolute Gasteiger partial charge is 0.382 e. The molecule has 0 aliphatic heterocycles. The van der Waals surface area contributed by atoms with E-state index in [4.69, 9.17) is 5.73 Å². The first kappa shape index (κ1) is 6.84. The van der Waals surface area contributed by atoms with Gasteiger partial charge in [0.1, 0.15) is 11.5 Å². The minimum atomic E-state index is 0.435. The molecule has 0 aliphatic rings. The molecule has 2 aromatic rings. The second-order valence-corrected chi connectivity index (χ2v) is 2.43. The maximum absolute atomic E-state index is 5.40. The molecule has 60 valence electrons. The van der Waals surface area contributed by atoms with Crippen LogP contribution in [-0.2, 0) is 0 Å². The van der Waals surface area contributed by atoms with E-state index in [1.165, 1.54) is 0 Å². The fourth-order valence-corrected chi connectivity index (χ4v) is 0.976. The molecule has 0 bridgehead atoms. The lowest BCUT2D eigenvalue weighted by Crippen LogP contribution is -1.93. The van der Waals surface area contributed by atoms with Crippen LogP contribution in [0, 0.1) is 0 Å². The molecule has 0 unspecified atom stereocenters. The zero-order valence-corrected chi connectivity index (χ0v) is 6.36. The van der Waals surface area contributed by atoms with Crippen LogP contribution in [0.4, 0.5) is 5.82 Å². The molecule has 0 saturated carbocycles. The van der Waals surface area contributed by atoms with Crippen molar-refractivity contribution < 1.29 is 0 Å². The predicted molar refractivity (Wildman–Crippen MR) is 46.2 cm³/mol. The van der Waals surface area contributed by atoms with Crippen LogP contribution in [0.3, 0.4) is 0 Å². The van der Waals surface area contributed by atoms with E-state index in [0.29, 0.717) is 5.82 Å². The summed E-state index contributed by atoms with van der Waals surface area (Å²) in [7, 11) is 0. The summed E-state index contributed by atoms with van der Waals surface area (Å²) in [6.07, 6.45) is 1.84. The van der Waals surface area contributed by atoms with Crippen LogP contribution in [0.2, 0.25) is 0 Å². The number of aromatic amines is 1. The Morgan fingerprint density at radius 2 is 2.08 bits per heavy atom. The van der Waals surface area contributed by atoms with E-state index < -0.39 is 0 Å². The normalized spacial score (nSPS) is 10.0. The van der Waals surface area contributed by atoms with Gasteiger partial charge in [-0.15, -0.1) is 10.2 Å². The van der Waals surface area contributed by atoms with Crippen molar-refractivity contribution in [1.82, 2.24) is 15.2 Å². The highest BCUT2D eigenvalue weighted by atomic mass is 15.1. The number of nitrogens with zero attached hydrogens (tertiary/aromatic N) is 2. The van der Waals surface area contributed by atoms with Gasteiger partial charge in [-0.2, -0.15) is 0 Å². The van der Waals surface area contributed by atoms with Gasteiger partial charge in [-0.3, -0.25) is 0 Å². The molecular weight excluding hydrogens is 152 g/mol. The summed E-state index contributed by atoms with van der Waals surface area (Å²) in [5.41, 5.74) is 7.14. The van der Waals surface area contributed by atoms with Gasteiger partial charge in [0.25, 0.3) is 0 Å². The van der Waals surface area contributed by atoms with Gasteiger partial charge in [0, 0.05) is 6.20 Å². The minimum Gasteiger partial charge on any atom is -0.382 e. The number of hydrogen-bond donors (Lipinski definition) is 2. The molecule has 0 amide bonds. The van der Waals surface area contributed by atoms with E-state index in [1.807, 2.05) is 24.4 Å². The molecule has 0 saturated heterocycles. The van der Waals surface area contributed by atoms with Crippen LogP contribution in [0.25, 0.3) is 11.4 Å². The molecule has 0 fully saturated rings. The molecule has 0 spiro atoms. The lowest BCUT2D eigenvalue weighted by Gasteiger charge is -1.94. The molecule has 0 aromatic carbocycles. The van der Waals surface area contributed by atoms with E-state index in [9.17, 15) is 0 Å². The summed E-state index contributed by atoms with van der Waals surface area (Å²) in [6, 6.07) is 7.39. The summed E-state index contributed by atoms with van der Waals surface area (Å²) in [5, 5.41) is 7.66. The van der Waals surface area contributed by atoms with E-state index in [1.54, 1.807) is 6.07 Å². The van der Waals surface area contributed by atoms with Gasteiger partial charge in [-0.05, 0) is 24.3 Å². The summed E-state index contributed by atoms with van der Waals surface area (Å²) < 4.78 is 0. The van der Waals surface area contributed by atoms with Crippen molar-refractivity contribution in [3.05, 3.63) is 30.5 Å². The third kappa shape index (κ3) is 1.14. The molecule has 2 rings (SSSR count). The van der Waals surface area contributed by atoms with Crippen molar-refractivity contribution in [3.8, 4) is 11.4 Å². The number of H-pyrrole nitrogens is 1. The van der Waals surface area contributed by atoms with Crippen LogP contribution in [0.5, 0.6) is 0 Å². The number of rotatable bonds is 1. The van der Waals surface area contributed by atoms with Crippen LogP contribution < -0.4 is 5.73 Å². The first-order valence-electron chi connectivity index (χ1n) is 3.59. The van der Waals surface area contributed by atoms with E-state index in [2.05, 4.69) is 15.2 Å². The Bertz CT molecular complexity index is 349. The Kier molecular flexibility index (Phi) is 1.51. The Morgan fingerprint density at radius 3 is 2.67 bits per heavy atom. The molecule has 0 radical (unpaired) electrons. The number of nitrogens with two attached hydrogens (primary N) is 1. The van der Waals surface area contributed by atoms with Crippen molar-refractivity contribution in [2.75, 3.05) is 5.73 Å². The molecule has 2 aromatic heterocycles. The van der Waals surface area contributed by atoms with Crippen LogP contribution in [0.15, 0.2) is 30.5 Å². The Morgan fingerprint density at radius 1 is 1.17 bits per heavy atom. The Balaban J connectivity index is 2.43. The van der Waals surface area contributed by atoms with Crippen LogP contribution >= 0.6 is 0 Å². The topological polar surface area (TPSA) is 67.6 Å². The molecule has 12 heavy (non-hydrogen) atoms. The SMILES string of the molecule is Nc1ccc(-c2ccc[nH]2)nn1. The lowest BCUT2D eigenvalue weighted by molar-refractivity contribution is 1.04. The fourth-order valence-electron chi connectivity index (χ4n) is 0.976. The van der Waals surface area contributed by atoms with E-state index in [-0.39, 0.29) is 0 Å². The Labute approximate surface area is 69.4 Å². The Hall–Kier alpha value is -1.84. The van der Waals surface area contributed by atoms with Gasteiger partial charge in [0.15, 0.2) is 0 Å². The average molecular weight is 160 g/mol. The molecular formula is C8H8N4. The van der Waals surface area contributed by atoms with Gasteiger partial charge >= 0.3 is 0 Å². The molecule has 4 nitrogen and oxygen atoms in total. The van der Waals surface area contributed by atoms with Gasteiger partial charge in [0.05, 0.1) is 5.69 Å². The van der Waals surface area contributed by atoms with Crippen molar-refractivity contribution in [3.63, 3.8) is 0 Å². The maximum Gasteiger partial charge on any atom is 0.146 e. The minimum absolute atomic E-state index is 0.435. The second kappa shape index (κ2) is 2.65. The second-order valence-electron chi connectivity index (χ2n) is 2.43. The molecule has 0 aliphatic carbocycles. The van der Waals surface area contributed by atoms with Crippen LogP contribution in [-0.4, -0.2) is 15.2 Å². The highest BCUT2D eigenvalue weighted by molar-refractivity contribution is 5.54. The highest BCUT2D eigenvalue weighted by Crippen LogP contribution is 2.12. The average Bonchev–Trinajstić information content (AvgIpc) is 2.58. The van der Waals surface area contributed by atoms with Crippen molar-refractivity contribution in [2.24, 2.45) is 0 Å².